The maximum atomic E-state index is 12.1. The van der Waals surface area contributed by atoms with Gasteiger partial charge in [0.25, 0.3) is 0 Å². The molecular weight excluding hydrogens is 230 g/mol. The van der Waals surface area contributed by atoms with E-state index in [4.69, 9.17) is 5.11 Å². The highest BCUT2D eigenvalue weighted by Crippen LogP contribution is 2.22. The third kappa shape index (κ3) is 2.90. The summed E-state index contributed by atoms with van der Waals surface area (Å²) in [5.74, 6) is 0.471. The molecule has 1 N–H and O–H groups in total. The van der Waals surface area contributed by atoms with Gasteiger partial charge in [-0.05, 0) is 6.42 Å². The summed E-state index contributed by atoms with van der Waals surface area (Å²) in [7, 11) is 0. The van der Waals surface area contributed by atoms with Gasteiger partial charge in [-0.1, -0.05) is 13.3 Å². The van der Waals surface area contributed by atoms with Gasteiger partial charge < -0.3 is 14.6 Å². The number of aliphatic hydroxyl groups excluding tert-OH is 1. The zero-order valence-electron chi connectivity index (χ0n) is 10.8. The van der Waals surface area contributed by atoms with Gasteiger partial charge in [0.05, 0.1) is 6.33 Å². The minimum absolute atomic E-state index is 0.184. The first-order chi connectivity index (χ1) is 8.74. The van der Waals surface area contributed by atoms with E-state index in [1.807, 2.05) is 15.7 Å². The van der Waals surface area contributed by atoms with Crippen molar-refractivity contribution in [3.63, 3.8) is 0 Å². The van der Waals surface area contributed by atoms with Gasteiger partial charge in [-0.15, -0.1) is 0 Å². The largest absolute Gasteiger partial charge is 0.396 e. The minimum atomic E-state index is 0.184. The Morgan fingerprint density at radius 2 is 2.33 bits per heavy atom. The summed E-state index contributed by atoms with van der Waals surface area (Å²) in [6, 6.07) is 0.207. The van der Waals surface area contributed by atoms with Crippen LogP contribution in [0.1, 0.15) is 32.2 Å². The number of carbonyl (C=O) groups excluding carboxylic acids is 1. The highest BCUT2D eigenvalue weighted by molar-refractivity contribution is 5.77. The molecule has 0 aromatic carbocycles. The molecule has 100 valence electrons. The maximum absolute atomic E-state index is 12.1. The molecule has 1 saturated heterocycles. The van der Waals surface area contributed by atoms with Crippen molar-refractivity contribution in [3.8, 4) is 0 Å². The Labute approximate surface area is 107 Å². The van der Waals surface area contributed by atoms with Crippen molar-refractivity contribution in [2.24, 2.45) is 5.92 Å². The van der Waals surface area contributed by atoms with Crippen molar-refractivity contribution in [2.75, 3.05) is 19.7 Å². The zero-order valence-corrected chi connectivity index (χ0v) is 10.8. The lowest BCUT2D eigenvalue weighted by Gasteiger charge is -2.39. The molecule has 5 heteroatoms. The Morgan fingerprint density at radius 3 is 2.89 bits per heavy atom. The average molecular weight is 251 g/mol. The maximum Gasteiger partial charge on any atom is 0.224 e. The molecule has 5 nitrogen and oxygen atoms in total. The van der Waals surface area contributed by atoms with E-state index in [0.717, 1.165) is 12.8 Å². The Morgan fingerprint density at radius 1 is 1.56 bits per heavy atom. The molecule has 1 atom stereocenters. The first kappa shape index (κ1) is 13.1. The van der Waals surface area contributed by atoms with Crippen LogP contribution >= 0.6 is 0 Å². The lowest BCUT2D eigenvalue weighted by Crippen LogP contribution is -2.51. The van der Waals surface area contributed by atoms with Crippen LogP contribution in [0.2, 0.25) is 0 Å². The van der Waals surface area contributed by atoms with Crippen molar-refractivity contribution in [2.45, 2.75) is 32.2 Å². The predicted octanol–water partition coefficient (Wildman–Crippen LogP) is 1.07. The molecule has 1 amide bonds. The highest BCUT2D eigenvalue weighted by Gasteiger charge is 2.30. The van der Waals surface area contributed by atoms with E-state index < -0.39 is 0 Å². The topological polar surface area (TPSA) is 58.4 Å². The number of nitrogens with zero attached hydrogens (tertiary/aromatic N) is 3. The highest BCUT2D eigenvalue weighted by atomic mass is 16.3. The number of carbonyl (C=O) groups is 1. The van der Waals surface area contributed by atoms with E-state index >= 15 is 0 Å². The quantitative estimate of drug-likeness (QED) is 0.822. The molecule has 0 bridgehead atoms. The molecule has 2 rings (SSSR count). The smallest absolute Gasteiger partial charge is 0.224 e. The SMILES string of the molecule is CCCC(CC(=O)N1CC(CO)C1)n1ccnc1. The number of rotatable bonds is 6. The number of likely N-dealkylation sites (tertiary alicyclic amines) is 1. The van der Waals surface area contributed by atoms with Crippen LogP contribution in [0.25, 0.3) is 0 Å². The monoisotopic (exact) mass is 251 g/mol. The normalized spacial score (nSPS) is 17.6. The fourth-order valence-corrected chi connectivity index (χ4v) is 2.39. The third-order valence-electron chi connectivity index (χ3n) is 3.55. The Bertz CT molecular complexity index is 372. The van der Waals surface area contributed by atoms with Crippen LogP contribution in [0.4, 0.5) is 0 Å². The summed E-state index contributed by atoms with van der Waals surface area (Å²) < 4.78 is 2.02. The van der Waals surface area contributed by atoms with Crippen molar-refractivity contribution in [1.29, 1.82) is 0 Å². The lowest BCUT2D eigenvalue weighted by atomic mass is 9.99. The van der Waals surface area contributed by atoms with E-state index in [2.05, 4.69) is 11.9 Å². The molecule has 18 heavy (non-hydrogen) atoms. The summed E-state index contributed by atoms with van der Waals surface area (Å²) in [5.41, 5.74) is 0. The van der Waals surface area contributed by atoms with Crippen LogP contribution in [-0.2, 0) is 4.79 Å². The zero-order chi connectivity index (χ0) is 13.0. The molecule has 2 heterocycles. The second kappa shape index (κ2) is 6.00. The number of hydrogen-bond acceptors (Lipinski definition) is 3. The molecular formula is C13H21N3O2. The van der Waals surface area contributed by atoms with Crippen LogP contribution in [-0.4, -0.2) is 45.2 Å². The van der Waals surface area contributed by atoms with E-state index in [1.165, 1.54) is 0 Å². The minimum Gasteiger partial charge on any atom is -0.396 e. The van der Waals surface area contributed by atoms with Crippen LogP contribution in [0.15, 0.2) is 18.7 Å². The molecule has 1 aliphatic rings. The fraction of sp³-hybridized carbons (Fsp3) is 0.692. The standard InChI is InChI=1S/C13H21N3O2/c1-2-3-12(15-5-4-14-10-15)6-13(18)16-7-11(8-16)9-17/h4-5,10-12,17H,2-3,6-9H2,1H3. The number of amides is 1. The summed E-state index contributed by atoms with van der Waals surface area (Å²) in [4.78, 5) is 18.0. The van der Waals surface area contributed by atoms with Gasteiger partial charge >= 0.3 is 0 Å². The first-order valence-electron chi connectivity index (χ1n) is 6.60. The van der Waals surface area contributed by atoms with Crippen molar-refractivity contribution in [1.82, 2.24) is 14.5 Å². The van der Waals surface area contributed by atoms with E-state index in [9.17, 15) is 4.79 Å². The van der Waals surface area contributed by atoms with Gasteiger partial charge in [-0.25, -0.2) is 4.98 Å². The summed E-state index contributed by atoms with van der Waals surface area (Å²) in [6.45, 7) is 3.72. The van der Waals surface area contributed by atoms with Crippen LogP contribution < -0.4 is 0 Å². The van der Waals surface area contributed by atoms with Crippen LogP contribution in [0.5, 0.6) is 0 Å². The Kier molecular flexibility index (Phi) is 4.36. The van der Waals surface area contributed by atoms with Crippen LogP contribution in [0.3, 0.4) is 0 Å². The first-order valence-corrected chi connectivity index (χ1v) is 6.60. The molecule has 1 aliphatic heterocycles. The van der Waals surface area contributed by atoms with Gasteiger partial charge in [-0.2, -0.15) is 0 Å². The molecule has 1 aromatic heterocycles. The average Bonchev–Trinajstić information content (AvgIpc) is 2.80. The summed E-state index contributed by atoms with van der Waals surface area (Å²) in [5, 5.41) is 8.95. The van der Waals surface area contributed by atoms with Crippen molar-refractivity contribution >= 4 is 5.91 Å². The summed E-state index contributed by atoms with van der Waals surface area (Å²) in [6.07, 6.45) is 8.01. The Hall–Kier alpha value is -1.36. The molecule has 1 aromatic rings. The summed E-state index contributed by atoms with van der Waals surface area (Å²) >= 11 is 0. The fourth-order valence-electron chi connectivity index (χ4n) is 2.39. The van der Waals surface area contributed by atoms with Gasteiger partial charge in [-0.3, -0.25) is 4.79 Å². The van der Waals surface area contributed by atoms with Gasteiger partial charge in [0, 0.05) is 50.5 Å². The van der Waals surface area contributed by atoms with Gasteiger partial charge in [0.2, 0.25) is 5.91 Å². The molecule has 0 radical (unpaired) electrons. The second-order valence-electron chi connectivity index (χ2n) is 5.00. The molecule has 0 aliphatic carbocycles. The number of imidazole rings is 1. The van der Waals surface area contributed by atoms with Crippen molar-refractivity contribution < 1.29 is 9.90 Å². The van der Waals surface area contributed by atoms with Gasteiger partial charge in [0.1, 0.15) is 0 Å². The van der Waals surface area contributed by atoms with Crippen molar-refractivity contribution in [3.05, 3.63) is 18.7 Å². The Balaban J connectivity index is 1.87. The van der Waals surface area contributed by atoms with E-state index in [0.29, 0.717) is 19.5 Å². The predicted molar refractivity (Wildman–Crippen MR) is 67.9 cm³/mol. The lowest BCUT2D eigenvalue weighted by molar-refractivity contribution is -0.139. The molecule has 1 fully saturated rings. The second-order valence-corrected chi connectivity index (χ2v) is 5.00. The van der Waals surface area contributed by atoms with Crippen LogP contribution in [0, 0.1) is 5.92 Å². The molecule has 0 spiro atoms. The van der Waals surface area contributed by atoms with E-state index in [-0.39, 0.29) is 24.5 Å². The molecule has 1 unspecified atom stereocenters. The van der Waals surface area contributed by atoms with E-state index in [1.54, 1.807) is 12.5 Å². The van der Waals surface area contributed by atoms with Gasteiger partial charge in [0.15, 0.2) is 0 Å². The third-order valence-corrected chi connectivity index (χ3v) is 3.55. The number of aromatic nitrogens is 2. The number of aliphatic hydroxyl groups is 1. The number of hydrogen-bond donors (Lipinski definition) is 1. The molecule has 0 saturated carbocycles.